The Morgan fingerprint density at radius 3 is 2.61 bits per heavy atom. The quantitative estimate of drug-likeness (QED) is 0.818. The number of nitrogens with one attached hydrogen (secondary N) is 1. The highest BCUT2D eigenvalue weighted by Gasteiger charge is 2.21. The highest BCUT2D eigenvalue weighted by atomic mass is 32.1. The SMILES string of the molecule is CCCc1nc(C)c(C(=O)N[C@H](CC(N)=O)c2ccccc2)s1. The van der Waals surface area contributed by atoms with E-state index in [9.17, 15) is 9.59 Å². The van der Waals surface area contributed by atoms with Crippen LogP contribution in [0.15, 0.2) is 30.3 Å². The van der Waals surface area contributed by atoms with Gasteiger partial charge < -0.3 is 11.1 Å². The standard InChI is InChI=1S/C17H21N3O2S/c1-3-7-15-19-11(2)16(23-15)17(22)20-13(10-14(18)21)12-8-5-4-6-9-12/h4-6,8-9,13H,3,7,10H2,1-2H3,(H2,18,21)(H,20,22)/t13-/m1/s1. The summed E-state index contributed by atoms with van der Waals surface area (Å²) in [4.78, 5) is 28.9. The first kappa shape index (κ1) is 17.1. The lowest BCUT2D eigenvalue weighted by atomic mass is 10.0. The maximum atomic E-state index is 12.6. The predicted molar refractivity (Wildman–Crippen MR) is 91.3 cm³/mol. The van der Waals surface area contributed by atoms with Crippen LogP contribution in [0, 0.1) is 6.92 Å². The zero-order valence-electron chi connectivity index (χ0n) is 13.3. The van der Waals surface area contributed by atoms with E-state index in [0.717, 1.165) is 29.1 Å². The summed E-state index contributed by atoms with van der Waals surface area (Å²) in [5.41, 5.74) is 6.90. The number of primary amides is 1. The maximum absolute atomic E-state index is 12.6. The molecule has 0 spiro atoms. The van der Waals surface area contributed by atoms with E-state index >= 15 is 0 Å². The molecule has 1 heterocycles. The summed E-state index contributed by atoms with van der Waals surface area (Å²) in [5.74, 6) is -0.663. The van der Waals surface area contributed by atoms with Crippen LogP contribution in [-0.2, 0) is 11.2 Å². The fourth-order valence-electron chi connectivity index (χ4n) is 2.35. The third-order valence-corrected chi connectivity index (χ3v) is 4.64. The number of hydrogen-bond acceptors (Lipinski definition) is 4. The summed E-state index contributed by atoms with van der Waals surface area (Å²) in [6.45, 7) is 3.91. The number of nitrogens with zero attached hydrogens (tertiary/aromatic N) is 1. The molecule has 6 heteroatoms. The Balaban J connectivity index is 2.19. The van der Waals surface area contributed by atoms with Gasteiger partial charge >= 0.3 is 0 Å². The monoisotopic (exact) mass is 331 g/mol. The molecule has 1 aromatic heterocycles. The maximum Gasteiger partial charge on any atom is 0.263 e. The number of amides is 2. The minimum absolute atomic E-state index is 0.0649. The molecule has 2 amide bonds. The van der Waals surface area contributed by atoms with Crippen LogP contribution in [0.25, 0.3) is 0 Å². The molecular weight excluding hydrogens is 310 g/mol. The Labute approximate surface area is 139 Å². The molecular formula is C17H21N3O2S. The molecule has 23 heavy (non-hydrogen) atoms. The molecule has 0 saturated heterocycles. The van der Waals surface area contributed by atoms with Crippen LogP contribution >= 0.6 is 11.3 Å². The van der Waals surface area contributed by atoms with E-state index in [1.807, 2.05) is 37.3 Å². The number of carbonyl (C=O) groups is 2. The van der Waals surface area contributed by atoms with E-state index in [2.05, 4.69) is 17.2 Å². The molecule has 0 fully saturated rings. The zero-order valence-corrected chi connectivity index (χ0v) is 14.2. The molecule has 0 aliphatic rings. The molecule has 0 aliphatic carbocycles. The van der Waals surface area contributed by atoms with Crippen LogP contribution in [0.1, 0.15) is 51.7 Å². The van der Waals surface area contributed by atoms with Gasteiger partial charge in [0.15, 0.2) is 0 Å². The Bertz CT molecular complexity index is 682. The van der Waals surface area contributed by atoms with Crippen molar-refractivity contribution < 1.29 is 9.59 Å². The van der Waals surface area contributed by atoms with Gasteiger partial charge in [-0.1, -0.05) is 37.3 Å². The first-order valence-corrected chi connectivity index (χ1v) is 8.43. The van der Waals surface area contributed by atoms with Gasteiger partial charge in [0.05, 0.1) is 23.2 Å². The van der Waals surface area contributed by atoms with Crippen LogP contribution in [0.3, 0.4) is 0 Å². The van der Waals surface area contributed by atoms with Crippen LogP contribution in [0.5, 0.6) is 0 Å². The number of hydrogen-bond donors (Lipinski definition) is 2. The smallest absolute Gasteiger partial charge is 0.263 e. The number of rotatable bonds is 7. The van der Waals surface area contributed by atoms with E-state index < -0.39 is 11.9 Å². The third-order valence-electron chi connectivity index (χ3n) is 3.42. The van der Waals surface area contributed by atoms with Crippen molar-refractivity contribution in [1.82, 2.24) is 10.3 Å². The van der Waals surface area contributed by atoms with Crippen LogP contribution < -0.4 is 11.1 Å². The normalized spacial score (nSPS) is 11.9. The van der Waals surface area contributed by atoms with E-state index in [0.29, 0.717) is 4.88 Å². The van der Waals surface area contributed by atoms with Crippen molar-refractivity contribution in [3.63, 3.8) is 0 Å². The van der Waals surface area contributed by atoms with Gasteiger partial charge in [0, 0.05) is 0 Å². The highest BCUT2D eigenvalue weighted by Crippen LogP contribution is 2.22. The van der Waals surface area contributed by atoms with Gasteiger partial charge in [-0.25, -0.2) is 4.98 Å². The Morgan fingerprint density at radius 1 is 1.30 bits per heavy atom. The number of thiazole rings is 1. The second-order valence-electron chi connectivity index (χ2n) is 5.38. The molecule has 0 aliphatic heterocycles. The largest absolute Gasteiger partial charge is 0.370 e. The van der Waals surface area contributed by atoms with Gasteiger partial charge in [-0.2, -0.15) is 0 Å². The lowest BCUT2D eigenvalue weighted by Gasteiger charge is -2.17. The van der Waals surface area contributed by atoms with Crippen molar-refractivity contribution in [2.45, 2.75) is 39.2 Å². The fraction of sp³-hybridized carbons (Fsp3) is 0.353. The average molecular weight is 331 g/mol. The lowest BCUT2D eigenvalue weighted by Crippen LogP contribution is -2.31. The molecule has 0 unspecified atom stereocenters. The molecule has 0 bridgehead atoms. The van der Waals surface area contributed by atoms with E-state index in [-0.39, 0.29) is 12.3 Å². The van der Waals surface area contributed by atoms with E-state index in [4.69, 9.17) is 5.73 Å². The van der Waals surface area contributed by atoms with Crippen molar-refractivity contribution in [2.24, 2.45) is 5.73 Å². The van der Waals surface area contributed by atoms with E-state index in [1.165, 1.54) is 11.3 Å². The zero-order chi connectivity index (χ0) is 16.8. The van der Waals surface area contributed by atoms with Gasteiger partial charge in [0.1, 0.15) is 4.88 Å². The molecule has 1 atom stereocenters. The number of carbonyl (C=O) groups excluding carboxylic acids is 2. The first-order chi connectivity index (χ1) is 11.0. The number of aryl methyl sites for hydroxylation is 2. The summed E-state index contributed by atoms with van der Waals surface area (Å²) < 4.78 is 0. The van der Waals surface area contributed by atoms with Crippen molar-refractivity contribution in [1.29, 1.82) is 0 Å². The summed E-state index contributed by atoms with van der Waals surface area (Å²) in [7, 11) is 0. The van der Waals surface area contributed by atoms with Crippen LogP contribution in [0.2, 0.25) is 0 Å². The number of aromatic nitrogens is 1. The van der Waals surface area contributed by atoms with Gasteiger partial charge in [-0.15, -0.1) is 11.3 Å². The van der Waals surface area contributed by atoms with Gasteiger partial charge in [-0.3, -0.25) is 9.59 Å². The van der Waals surface area contributed by atoms with Gasteiger partial charge in [0.25, 0.3) is 5.91 Å². The summed E-state index contributed by atoms with van der Waals surface area (Å²) in [6, 6.07) is 8.93. The molecule has 122 valence electrons. The molecule has 0 radical (unpaired) electrons. The van der Waals surface area contributed by atoms with Crippen molar-refractivity contribution >= 4 is 23.2 Å². The summed E-state index contributed by atoms with van der Waals surface area (Å²) in [5, 5.41) is 3.87. The second-order valence-corrected chi connectivity index (χ2v) is 6.46. The molecule has 2 rings (SSSR count). The predicted octanol–water partition coefficient (Wildman–Crippen LogP) is 2.75. The Morgan fingerprint density at radius 2 is 2.00 bits per heavy atom. The van der Waals surface area contributed by atoms with Gasteiger partial charge in [0.2, 0.25) is 5.91 Å². The lowest BCUT2D eigenvalue weighted by molar-refractivity contribution is -0.118. The Kier molecular flexibility index (Phi) is 5.87. The van der Waals surface area contributed by atoms with Crippen molar-refractivity contribution in [2.75, 3.05) is 0 Å². The van der Waals surface area contributed by atoms with Crippen LogP contribution in [-0.4, -0.2) is 16.8 Å². The molecule has 1 aromatic carbocycles. The molecule has 3 N–H and O–H groups in total. The number of nitrogens with two attached hydrogens (primary N) is 1. The first-order valence-electron chi connectivity index (χ1n) is 7.61. The number of benzene rings is 1. The highest BCUT2D eigenvalue weighted by molar-refractivity contribution is 7.13. The molecule has 0 saturated carbocycles. The van der Waals surface area contributed by atoms with Crippen LogP contribution in [0.4, 0.5) is 0 Å². The summed E-state index contributed by atoms with van der Waals surface area (Å²) in [6.07, 6.45) is 1.92. The third kappa shape index (κ3) is 4.63. The fourth-order valence-corrected chi connectivity index (χ4v) is 3.42. The Hall–Kier alpha value is -2.21. The minimum Gasteiger partial charge on any atom is -0.370 e. The molecule has 5 nitrogen and oxygen atoms in total. The van der Waals surface area contributed by atoms with Crippen molar-refractivity contribution in [3.8, 4) is 0 Å². The average Bonchev–Trinajstić information content (AvgIpc) is 2.88. The summed E-state index contributed by atoms with van der Waals surface area (Å²) >= 11 is 1.41. The van der Waals surface area contributed by atoms with Crippen molar-refractivity contribution in [3.05, 3.63) is 51.5 Å². The van der Waals surface area contributed by atoms with E-state index in [1.54, 1.807) is 0 Å². The molecule has 2 aromatic rings. The van der Waals surface area contributed by atoms with Gasteiger partial charge in [-0.05, 0) is 25.3 Å². The topological polar surface area (TPSA) is 85.1 Å². The second kappa shape index (κ2) is 7.87. The minimum atomic E-state index is -0.452.